The Balaban J connectivity index is 2.02. The summed E-state index contributed by atoms with van der Waals surface area (Å²) in [6, 6.07) is 13.6. The molecule has 0 atom stereocenters. The number of halogens is 1. The molecule has 0 aromatic heterocycles. The highest BCUT2D eigenvalue weighted by Crippen LogP contribution is 2.27. The van der Waals surface area contributed by atoms with Gasteiger partial charge in [0.15, 0.2) is 0 Å². The third-order valence-corrected chi connectivity index (χ3v) is 4.86. The number of thioether (sulfide) groups is 1. The molecule has 0 aliphatic heterocycles. The van der Waals surface area contributed by atoms with Gasteiger partial charge in [-0.3, -0.25) is 0 Å². The number of rotatable bonds is 6. The highest BCUT2D eigenvalue weighted by Gasteiger charge is 2.06. The fourth-order valence-electron chi connectivity index (χ4n) is 2.00. The molecule has 0 heterocycles. The van der Waals surface area contributed by atoms with E-state index in [9.17, 15) is 4.79 Å². The second-order valence-corrected chi connectivity index (χ2v) is 6.19. The first-order chi connectivity index (χ1) is 10.7. The van der Waals surface area contributed by atoms with Crippen LogP contribution in [0.1, 0.15) is 21.5 Å². The second kappa shape index (κ2) is 8.25. The number of esters is 1. The highest BCUT2D eigenvalue weighted by molar-refractivity contribution is 9.08. The zero-order chi connectivity index (χ0) is 15.9. The first-order valence-electron chi connectivity index (χ1n) is 6.71. The summed E-state index contributed by atoms with van der Waals surface area (Å²) in [5, 5.41) is 0.766. The molecule has 0 saturated carbocycles. The molecule has 116 valence electrons. The van der Waals surface area contributed by atoms with Crippen LogP contribution in [0.3, 0.4) is 0 Å². The number of hydrogen-bond acceptors (Lipinski definition) is 4. The lowest BCUT2D eigenvalue weighted by molar-refractivity contribution is 0.0600. The molecule has 2 aromatic rings. The standard InChI is InChI=1S/C17H17BrO3S/c1-20-16-8-3-12(9-14(16)10-18)11-22-15-6-4-13(5-7-15)17(19)21-2/h3-9H,10-11H2,1-2H3. The Morgan fingerprint density at radius 2 is 1.86 bits per heavy atom. The molecule has 0 bridgehead atoms. The molecule has 0 saturated heterocycles. The number of methoxy groups -OCH3 is 2. The lowest BCUT2D eigenvalue weighted by Crippen LogP contribution is -2.00. The number of alkyl halides is 1. The second-order valence-electron chi connectivity index (χ2n) is 4.58. The summed E-state index contributed by atoms with van der Waals surface area (Å²) < 4.78 is 10.0. The van der Waals surface area contributed by atoms with Crippen LogP contribution in [0.5, 0.6) is 5.75 Å². The lowest BCUT2D eigenvalue weighted by atomic mass is 10.1. The summed E-state index contributed by atoms with van der Waals surface area (Å²) in [5.74, 6) is 1.45. The summed E-state index contributed by atoms with van der Waals surface area (Å²) in [4.78, 5) is 12.5. The smallest absolute Gasteiger partial charge is 0.337 e. The van der Waals surface area contributed by atoms with Crippen molar-refractivity contribution in [3.05, 3.63) is 59.2 Å². The van der Waals surface area contributed by atoms with E-state index in [1.54, 1.807) is 31.0 Å². The third-order valence-electron chi connectivity index (χ3n) is 3.17. The molecule has 0 radical (unpaired) electrons. The number of benzene rings is 2. The van der Waals surface area contributed by atoms with Gasteiger partial charge in [0, 0.05) is 21.5 Å². The minimum atomic E-state index is -0.311. The Hall–Kier alpha value is -1.46. The molecular formula is C17H17BrO3S. The van der Waals surface area contributed by atoms with Gasteiger partial charge in [-0.2, -0.15) is 0 Å². The van der Waals surface area contributed by atoms with Crippen LogP contribution in [0.4, 0.5) is 0 Å². The first-order valence-corrected chi connectivity index (χ1v) is 8.81. The van der Waals surface area contributed by atoms with Gasteiger partial charge < -0.3 is 9.47 Å². The van der Waals surface area contributed by atoms with E-state index >= 15 is 0 Å². The van der Waals surface area contributed by atoms with Crippen LogP contribution >= 0.6 is 27.7 Å². The Labute approximate surface area is 143 Å². The average molecular weight is 381 g/mol. The lowest BCUT2D eigenvalue weighted by Gasteiger charge is -2.09. The molecule has 0 spiro atoms. The summed E-state index contributed by atoms with van der Waals surface area (Å²) in [5.41, 5.74) is 2.94. The Kier molecular flexibility index (Phi) is 6.34. The largest absolute Gasteiger partial charge is 0.496 e. The molecule has 0 aliphatic rings. The van der Waals surface area contributed by atoms with E-state index in [1.165, 1.54) is 12.7 Å². The Morgan fingerprint density at radius 1 is 1.14 bits per heavy atom. The third kappa shape index (κ3) is 4.27. The topological polar surface area (TPSA) is 35.5 Å². The maximum atomic E-state index is 11.4. The summed E-state index contributed by atoms with van der Waals surface area (Å²) in [6.45, 7) is 0. The predicted octanol–water partition coefficient (Wildman–Crippen LogP) is 4.67. The van der Waals surface area contributed by atoms with Gasteiger partial charge in [-0.05, 0) is 35.9 Å². The van der Waals surface area contributed by atoms with Gasteiger partial charge in [0.1, 0.15) is 5.75 Å². The van der Waals surface area contributed by atoms with E-state index < -0.39 is 0 Å². The average Bonchev–Trinajstić information content (AvgIpc) is 2.59. The van der Waals surface area contributed by atoms with Crippen molar-refractivity contribution in [2.24, 2.45) is 0 Å². The van der Waals surface area contributed by atoms with E-state index in [4.69, 9.17) is 9.47 Å². The van der Waals surface area contributed by atoms with Gasteiger partial charge in [0.25, 0.3) is 0 Å². The van der Waals surface area contributed by atoms with Crippen LogP contribution in [0, 0.1) is 0 Å². The Bertz CT molecular complexity index is 641. The first kappa shape index (κ1) is 16.9. The fourth-order valence-corrected chi connectivity index (χ4v) is 3.28. The summed E-state index contributed by atoms with van der Waals surface area (Å²) in [6.07, 6.45) is 0. The normalized spacial score (nSPS) is 10.3. The molecule has 0 fully saturated rings. The predicted molar refractivity (Wildman–Crippen MR) is 93.0 cm³/mol. The summed E-state index contributed by atoms with van der Waals surface area (Å²) in [7, 11) is 3.06. The molecule has 0 amide bonds. The number of ether oxygens (including phenoxy) is 2. The van der Waals surface area contributed by atoms with Gasteiger partial charge in [-0.25, -0.2) is 4.79 Å². The molecule has 2 rings (SSSR count). The van der Waals surface area contributed by atoms with Gasteiger partial charge in [0.05, 0.1) is 19.8 Å². The van der Waals surface area contributed by atoms with Crippen molar-refractivity contribution >= 4 is 33.7 Å². The maximum absolute atomic E-state index is 11.4. The molecule has 0 unspecified atom stereocenters. The number of carbonyl (C=O) groups is 1. The van der Waals surface area contributed by atoms with Gasteiger partial charge in [-0.15, -0.1) is 11.8 Å². The number of carbonyl (C=O) groups excluding carboxylic acids is 1. The van der Waals surface area contributed by atoms with Crippen molar-refractivity contribution in [2.75, 3.05) is 14.2 Å². The Morgan fingerprint density at radius 3 is 2.45 bits per heavy atom. The quantitative estimate of drug-likeness (QED) is 0.414. The van der Waals surface area contributed by atoms with Crippen LogP contribution in [-0.2, 0) is 15.8 Å². The zero-order valence-corrected chi connectivity index (χ0v) is 14.9. The molecule has 5 heteroatoms. The van der Waals surface area contributed by atoms with Crippen LogP contribution in [0.25, 0.3) is 0 Å². The van der Waals surface area contributed by atoms with Gasteiger partial charge in [-0.1, -0.05) is 28.1 Å². The van der Waals surface area contributed by atoms with Crippen molar-refractivity contribution in [2.45, 2.75) is 16.0 Å². The van der Waals surface area contributed by atoms with Gasteiger partial charge in [0.2, 0.25) is 0 Å². The molecule has 2 aromatic carbocycles. The minimum absolute atomic E-state index is 0.311. The highest BCUT2D eigenvalue weighted by atomic mass is 79.9. The van der Waals surface area contributed by atoms with Crippen molar-refractivity contribution < 1.29 is 14.3 Å². The maximum Gasteiger partial charge on any atom is 0.337 e. The van der Waals surface area contributed by atoms with Gasteiger partial charge >= 0.3 is 5.97 Å². The summed E-state index contributed by atoms with van der Waals surface area (Å²) >= 11 is 5.20. The van der Waals surface area contributed by atoms with Crippen molar-refractivity contribution in [3.8, 4) is 5.75 Å². The van der Waals surface area contributed by atoms with Crippen LogP contribution in [0.15, 0.2) is 47.4 Å². The molecule has 22 heavy (non-hydrogen) atoms. The number of hydrogen-bond donors (Lipinski definition) is 0. The van der Waals surface area contributed by atoms with Crippen molar-refractivity contribution in [3.63, 3.8) is 0 Å². The van der Waals surface area contributed by atoms with Crippen molar-refractivity contribution in [1.82, 2.24) is 0 Å². The zero-order valence-electron chi connectivity index (χ0n) is 12.5. The molecule has 3 nitrogen and oxygen atoms in total. The van der Waals surface area contributed by atoms with E-state index in [2.05, 4.69) is 28.1 Å². The molecule has 0 N–H and O–H groups in total. The van der Waals surface area contributed by atoms with Crippen LogP contribution in [-0.4, -0.2) is 20.2 Å². The van der Waals surface area contributed by atoms with E-state index in [-0.39, 0.29) is 5.97 Å². The van der Waals surface area contributed by atoms with E-state index in [0.29, 0.717) is 5.56 Å². The van der Waals surface area contributed by atoms with Crippen molar-refractivity contribution in [1.29, 1.82) is 0 Å². The van der Waals surface area contributed by atoms with Crippen LogP contribution in [0.2, 0.25) is 0 Å². The molecular weight excluding hydrogens is 364 g/mol. The molecule has 0 aliphatic carbocycles. The fraction of sp³-hybridized carbons (Fsp3) is 0.235. The van der Waals surface area contributed by atoms with E-state index in [0.717, 1.165) is 27.3 Å². The monoisotopic (exact) mass is 380 g/mol. The minimum Gasteiger partial charge on any atom is -0.496 e. The SMILES string of the molecule is COC(=O)c1ccc(SCc2ccc(OC)c(CBr)c2)cc1. The van der Waals surface area contributed by atoms with E-state index in [1.807, 2.05) is 18.2 Å². The van der Waals surface area contributed by atoms with Crippen LogP contribution < -0.4 is 4.74 Å².